The first kappa shape index (κ1) is 24.0. The number of hydrogen-bond acceptors (Lipinski definition) is 3. The predicted octanol–water partition coefficient (Wildman–Crippen LogP) is 4.44. The Kier molecular flexibility index (Phi) is 8.95. The average Bonchev–Trinajstić information content (AvgIpc) is 3.12. The second kappa shape index (κ2) is 11.2. The molecule has 0 saturated carbocycles. The number of aromatic nitrogens is 2. The number of aliphatic imine (C=N–C) groups is 1. The van der Waals surface area contributed by atoms with Crippen molar-refractivity contribution in [2.24, 2.45) is 4.99 Å². The minimum absolute atomic E-state index is 0. The van der Waals surface area contributed by atoms with Gasteiger partial charge in [-0.25, -0.2) is 4.98 Å². The molecule has 0 aliphatic rings. The molecular weight excluding hydrogens is 489 g/mol. The van der Waals surface area contributed by atoms with E-state index in [2.05, 4.69) is 67.1 Å². The number of nitrogens with one attached hydrogen (secondary N) is 2. The van der Waals surface area contributed by atoms with Gasteiger partial charge in [-0.2, -0.15) is 0 Å². The standard InChI is InChI=1S/C23H31N5O.HI/c1-6-24-23(26-18(4)20-14-16(2)9-10-21(20)29-5)25-12-11-19-15-28-13-7-8-17(3)22(28)27-19;/h7-10,13-15,18H,6,11-12H2,1-5H3,(H2,24,25,26);1H. The van der Waals surface area contributed by atoms with Crippen molar-refractivity contribution in [3.63, 3.8) is 0 Å². The number of hydrogen-bond donors (Lipinski definition) is 2. The Morgan fingerprint density at radius 2 is 2.07 bits per heavy atom. The van der Waals surface area contributed by atoms with Crippen molar-refractivity contribution in [2.45, 2.75) is 40.2 Å². The first-order valence-corrected chi connectivity index (χ1v) is 10.1. The lowest BCUT2D eigenvalue weighted by atomic mass is 10.0. The van der Waals surface area contributed by atoms with Crippen molar-refractivity contribution in [3.8, 4) is 5.75 Å². The third kappa shape index (κ3) is 5.87. The number of nitrogens with zero attached hydrogens (tertiary/aromatic N) is 3. The first-order valence-electron chi connectivity index (χ1n) is 10.1. The number of ether oxygens (including phenoxy) is 1. The quantitative estimate of drug-likeness (QED) is 0.274. The zero-order valence-corrected chi connectivity index (χ0v) is 20.7. The van der Waals surface area contributed by atoms with Gasteiger partial charge in [0.1, 0.15) is 11.4 Å². The van der Waals surface area contributed by atoms with Crippen molar-refractivity contribution in [1.82, 2.24) is 20.0 Å². The SMILES string of the molecule is CCNC(=NCCc1cn2cccc(C)c2n1)NC(C)c1cc(C)ccc1OC.I. The first-order chi connectivity index (χ1) is 14.0. The lowest BCUT2D eigenvalue weighted by molar-refractivity contribution is 0.405. The van der Waals surface area contributed by atoms with Crippen LogP contribution in [0.2, 0.25) is 0 Å². The van der Waals surface area contributed by atoms with E-state index in [0.717, 1.165) is 41.6 Å². The predicted molar refractivity (Wildman–Crippen MR) is 134 cm³/mol. The third-order valence-corrected chi connectivity index (χ3v) is 4.91. The maximum absolute atomic E-state index is 5.53. The van der Waals surface area contributed by atoms with Crippen molar-refractivity contribution >= 4 is 35.6 Å². The fourth-order valence-electron chi connectivity index (χ4n) is 3.40. The van der Waals surface area contributed by atoms with E-state index in [1.807, 2.05) is 18.3 Å². The van der Waals surface area contributed by atoms with Crippen molar-refractivity contribution in [1.29, 1.82) is 0 Å². The number of pyridine rings is 1. The topological polar surface area (TPSA) is 63.0 Å². The van der Waals surface area contributed by atoms with E-state index in [9.17, 15) is 0 Å². The van der Waals surface area contributed by atoms with E-state index in [4.69, 9.17) is 14.7 Å². The van der Waals surface area contributed by atoms with E-state index in [1.165, 1.54) is 11.1 Å². The third-order valence-electron chi connectivity index (χ3n) is 4.91. The van der Waals surface area contributed by atoms with Gasteiger partial charge in [0.05, 0.1) is 18.8 Å². The second-order valence-corrected chi connectivity index (χ2v) is 7.28. The zero-order valence-electron chi connectivity index (χ0n) is 18.4. The molecule has 2 heterocycles. The molecule has 1 aromatic carbocycles. The Hall–Kier alpha value is -2.29. The van der Waals surface area contributed by atoms with Gasteiger partial charge in [-0.3, -0.25) is 4.99 Å². The summed E-state index contributed by atoms with van der Waals surface area (Å²) in [5.74, 6) is 1.68. The fourth-order valence-corrected chi connectivity index (χ4v) is 3.40. The van der Waals surface area contributed by atoms with Gasteiger partial charge < -0.3 is 19.8 Å². The molecule has 0 fully saturated rings. The van der Waals surface area contributed by atoms with Gasteiger partial charge in [0, 0.05) is 37.5 Å². The van der Waals surface area contributed by atoms with Crippen LogP contribution in [0, 0.1) is 13.8 Å². The summed E-state index contributed by atoms with van der Waals surface area (Å²) in [6.07, 6.45) is 4.91. The zero-order chi connectivity index (χ0) is 20.8. The summed E-state index contributed by atoms with van der Waals surface area (Å²) in [6.45, 7) is 9.83. The van der Waals surface area contributed by atoms with Gasteiger partial charge in [-0.1, -0.05) is 23.8 Å². The smallest absolute Gasteiger partial charge is 0.191 e. The van der Waals surface area contributed by atoms with Crippen LogP contribution in [-0.2, 0) is 6.42 Å². The number of fused-ring (bicyclic) bond motifs is 1. The van der Waals surface area contributed by atoms with Crippen molar-refractivity contribution in [2.75, 3.05) is 20.2 Å². The fraction of sp³-hybridized carbons (Fsp3) is 0.391. The molecule has 0 spiro atoms. The molecule has 3 aromatic rings. The summed E-state index contributed by atoms with van der Waals surface area (Å²) in [6, 6.07) is 10.4. The van der Waals surface area contributed by atoms with E-state index < -0.39 is 0 Å². The average molecular weight is 521 g/mol. The van der Waals surface area contributed by atoms with Crippen LogP contribution in [0.5, 0.6) is 5.75 Å². The molecule has 1 unspecified atom stereocenters. The Morgan fingerprint density at radius 1 is 1.27 bits per heavy atom. The molecule has 6 nitrogen and oxygen atoms in total. The highest BCUT2D eigenvalue weighted by molar-refractivity contribution is 14.0. The molecule has 0 bridgehead atoms. The summed E-state index contributed by atoms with van der Waals surface area (Å²) in [7, 11) is 1.71. The Balaban J connectivity index is 0.00000320. The lowest BCUT2D eigenvalue weighted by Gasteiger charge is -2.20. The Labute approximate surface area is 196 Å². The molecule has 2 N–H and O–H groups in total. The highest BCUT2D eigenvalue weighted by Gasteiger charge is 2.13. The van der Waals surface area contributed by atoms with Crippen LogP contribution < -0.4 is 15.4 Å². The monoisotopic (exact) mass is 521 g/mol. The molecule has 0 aliphatic heterocycles. The number of benzene rings is 1. The number of guanidine groups is 1. The van der Waals surface area contributed by atoms with Crippen LogP contribution in [0.25, 0.3) is 5.65 Å². The number of imidazole rings is 1. The maximum atomic E-state index is 5.53. The normalized spacial score (nSPS) is 12.4. The summed E-state index contributed by atoms with van der Waals surface area (Å²) in [5, 5.41) is 6.82. The highest BCUT2D eigenvalue weighted by atomic mass is 127. The van der Waals surface area contributed by atoms with E-state index in [-0.39, 0.29) is 30.0 Å². The molecule has 0 saturated heterocycles. The van der Waals surface area contributed by atoms with E-state index in [1.54, 1.807) is 7.11 Å². The van der Waals surface area contributed by atoms with E-state index in [0.29, 0.717) is 6.54 Å². The molecule has 0 aliphatic carbocycles. The second-order valence-electron chi connectivity index (χ2n) is 7.28. The van der Waals surface area contributed by atoms with Gasteiger partial charge in [0.2, 0.25) is 0 Å². The van der Waals surface area contributed by atoms with Gasteiger partial charge in [0.15, 0.2) is 5.96 Å². The van der Waals surface area contributed by atoms with Gasteiger partial charge in [-0.15, -0.1) is 24.0 Å². The molecular formula is C23H32IN5O. The summed E-state index contributed by atoms with van der Waals surface area (Å²) in [4.78, 5) is 9.48. The van der Waals surface area contributed by atoms with Crippen LogP contribution in [0.15, 0.2) is 47.7 Å². The van der Waals surface area contributed by atoms with Crippen LogP contribution in [0.3, 0.4) is 0 Å². The highest BCUT2D eigenvalue weighted by Crippen LogP contribution is 2.26. The molecule has 0 amide bonds. The molecule has 162 valence electrons. The van der Waals surface area contributed by atoms with Crippen LogP contribution in [0.4, 0.5) is 0 Å². The molecule has 0 radical (unpaired) electrons. The minimum atomic E-state index is 0. The van der Waals surface area contributed by atoms with Crippen LogP contribution in [-0.4, -0.2) is 35.5 Å². The maximum Gasteiger partial charge on any atom is 0.191 e. The molecule has 2 aromatic heterocycles. The lowest BCUT2D eigenvalue weighted by Crippen LogP contribution is -2.39. The van der Waals surface area contributed by atoms with E-state index >= 15 is 0 Å². The van der Waals surface area contributed by atoms with Gasteiger partial charge in [-0.05, 0) is 45.4 Å². The van der Waals surface area contributed by atoms with Gasteiger partial charge in [0.25, 0.3) is 0 Å². The number of halogens is 1. The van der Waals surface area contributed by atoms with Crippen molar-refractivity contribution in [3.05, 3.63) is 65.1 Å². The number of aryl methyl sites for hydroxylation is 2. The molecule has 30 heavy (non-hydrogen) atoms. The number of methoxy groups -OCH3 is 1. The van der Waals surface area contributed by atoms with Gasteiger partial charge >= 0.3 is 0 Å². The van der Waals surface area contributed by atoms with Crippen LogP contribution >= 0.6 is 24.0 Å². The summed E-state index contributed by atoms with van der Waals surface area (Å²) in [5.41, 5.74) is 5.56. The largest absolute Gasteiger partial charge is 0.496 e. The molecule has 3 rings (SSSR count). The molecule has 1 atom stereocenters. The van der Waals surface area contributed by atoms with Crippen molar-refractivity contribution < 1.29 is 4.74 Å². The Morgan fingerprint density at radius 3 is 2.77 bits per heavy atom. The summed E-state index contributed by atoms with van der Waals surface area (Å²) >= 11 is 0. The minimum Gasteiger partial charge on any atom is -0.496 e. The Bertz CT molecular complexity index is 998. The number of rotatable bonds is 7. The molecule has 7 heteroatoms. The summed E-state index contributed by atoms with van der Waals surface area (Å²) < 4.78 is 7.60. The van der Waals surface area contributed by atoms with Crippen LogP contribution in [0.1, 0.15) is 42.3 Å².